The second-order valence-electron chi connectivity index (χ2n) is 4.82. The van der Waals surface area contributed by atoms with Crippen molar-refractivity contribution < 1.29 is 4.74 Å². The molecule has 0 bridgehead atoms. The second-order valence-corrected chi connectivity index (χ2v) is 5.23. The zero-order valence-electron chi connectivity index (χ0n) is 10.9. The van der Waals surface area contributed by atoms with Crippen LogP contribution in [0.1, 0.15) is 24.8 Å². The van der Waals surface area contributed by atoms with Crippen LogP contribution in [0, 0.1) is 0 Å². The van der Waals surface area contributed by atoms with Gasteiger partial charge >= 0.3 is 0 Å². The minimum Gasteiger partial charge on any atom is -0.376 e. The van der Waals surface area contributed by atoms with Crippen molar-refractivity contribution in [1.82, 2.24) is 0 Å². The highest BCUT2D eigenvalue weighted by molar-refractivity contribution is 6.33. The SMILES string of the molecule is CN(CC1CCCCO1)c1c(Cl)cccc1CN. The van der Waals surface area contributed by atoms with Crippen LogP contribution < -0.4 is 10.6 Å². The van der Waals surface area contributed by atoms with Gasteiger partial charge in [0.1, 0.15) is 0 Å². The summed E-state index contributed by atoms with van der Waals surface area (Å²) in [7, 11) is 2.05. The fourth-order valence-corrected chi connectivity index (χ4v) is 2.84. The Morgan fingerprint density at radius 1 is 1.44 bits per heavy atom. The van der Waals surface area contributed by atoms with Crippen molar-refractivity contribution in [3.63, 3.8) is 0 Å². The molecule has 0 aliphatic carbocycles. The zero-order chi connectivity index (χ0) is 13.0. The van der Waals surface area contributed by atoms with Gasteiger partial charge in [0.2, 0.25) is 0 Å². The van der Waals surface area contributed by atoms with Crippen molar-refractivity contribution in [3.05, 3.63) is 28.8 Å². The van der Waals surface area contributed by atoms with E-state index in [9.17, 15) is 0 Å². The van der Waals surface area contributed by atoms with Crippen LogP contribution >= 0.6 is 11.6 Å². The predicted octanol–water partition coefficient (Wildman–Crippen LogP) is 2.80. The first-order valence-corrected chi connectivity index (χ1v) is 6.90. The molecule has 1 heterocycles. The Bertz CT molecular complexity index is 391. The van der Waals surface area contributed by atoms with Crippen molar-refractivity contribution in [2.24, 2.45) is 5.73 Å². The van der Waals surface area contributed by atoms with Crippen molar-refractivity contribution in [3.8, 4) is 0 Å². The van der Waals surface area contributed by atoms with Gasteiger partial charge in [0.25, 0.3) is 0 Å². The third-order valence-corrected chi connectivity index (χ3v) is 3.73. The fourth-order valence-electron chi connectivity index (χ4n) is 2.50. The summed E-state index contributed by atoms with van der Waals surface area (Å²) in [5.41, 5.74) is 7.90. The van der Waals surface area contributed by atoms with Crippen LogP contribution in [0.3, 0.4) is 0 Å². The van der Waals surface area contributed by atoms with E-state index in [0.29, 0.717) is 12.6 Å². The quantitative estimate of drug-likeness (QED) is 0.913. The molecule has 0 spiro atoms. The normalized spacial score (nSPS) is 19.8. The molecular weight excluding hydrogens is 248 g/mol. The Morgan fingerprint density at radius 2 is 2.28 bits per heavy atom. The number of nitrogens with zero attached hydrogens (tertiary/aromatic N) is 1. The molecule has 0 aromatic heterocycles. The van der Waals surface area contributed by atoms with Gasteiger partial charge in [0, 0.05) is 26.7 Å². The van der Waals surface area contributed by atoms with Gasteiger partial charge in [0.05, 0.1) is 16.8 Å². The van der Waals surface area contributed by atoms with Crippen LogP contribution in [-0.2, 0) is 11.3 Å². The lowest BCUT2D eigenvalue weighted by Crippen LogP contribution is -2.34. The summed E-state index contributed by atoms with van der Waals surface area (Å²) in [6, 6.07) is 5.88. The molecule has 1 aromatic carbocycles. The molecule has 0 saturated carbocycles. The number of hydrogen-bond donors (Lipinski definition) is 1. The third kappa shape index (κ3) is 3.16. The first-order chi connectivity index (χ1) is 8.72. The van der Waals surface area contributed by atoms with Gasteiger partial charge in [-0.25, -0.2) is 0 Å². The molecule has 0 radical (unpaired) electrons. The number of nitrogens with two attached hydrogens (primary N) is 1. The number of halogens is 1. The summed E-state index contributed by atoms with van der Waals surface area (Å²) in [4.78, 5) is 2.17. The molecule has 2 N–H and O–H groups in total. The molecule has 2 rings (SSSR count). The molecule has 3 nitrogen and oxygen atoms in total. The van der Waals surface area contributed by atoms with Crippen LogP contribution in [0.25, 0.3) is 0 Å². The maximum Gasteiger partial charge on any atom is 0.0749 e. The summed E-state index contributed by atoms with van der Waals surface area (Å²) in [6.45, 7) is 2.26. The number of likely N-dealkylation sites (N-methyl/N-ethyl adjacent to an activating group) is 1. The number of hydrogen-bond acceptors (Lipinski definition) is 3. The van der Waals surface area contributed by atoms with Gasteiger partial charge in [-0.05, 0) is 30.9 Å². The van der Waals surface area contributed by atoms with E-state index in [4.69, 9.17) is 22.1 Å². The highest BCUT2D eigenvalue weighted by atomic mass is 35.5. The highest BCUT2D eigenvalue weighted by Crippen LogP contribution is 2.29. The van der Waals surface area contributed by atoms with Gasteiger partial charge in [-0.15, -0.1) is 0 Å². The van der Waals surface area contributed by atoms with Crippen molar-refractivity contribution in [1.29, 1.82) is 0 Å². The average molecular weight is 269 g/mol. The molecule has 4 heteroatoms. The molecule has 18 heavy (non-hydrogen) atoms. The zero-order valence-corrected chi connectivity index (χ0v) is 11.6. The molecule has 0 amide bonds. The first-order valence-electron chi connectivity index (χ1n) is 6.52. The number of para-hydroxylation sites is 1. The maximum atomic E-state index is 6.28. The second kappa shape index (κ2) is 6.41. The van der Waals surface area contributed by atoms with Gasteiger partial charge in [-0.2, -0.15) is 0 Å². The van der Waals surface area contributed by atoms with Crippen LogP contribution in [0.5, 0.6) is 0 Å². The lowest BCUT2D eigenvalue weighted by atomic mass is 10.1. The molecule has 1 aromatic rings. The molecule has 1 unspecified atom stereocenters. The van der Waals surface area contributed by atoms with Crippen LogP contribution in [0.15, 0.2) is 18.2 Å². The third-order valence-electron chi connectivity index (χ3n) is 3.42. The lowest BCUT2D eigenvalue weighted by Gasteiger charge is -2.30. The van der Waals surface area contributed by atoms with Crippen molar-refractivity contribution in [2.45, 2.75) is 31.9 Å². The average Bonchev–Trinajstić information content (AvgIpc) is 2.39. The Labute approximate surface area is 114 Å². The van der Waals surface area contributed by atoms with E-state index in [1.165, 1.54) is 12.8 Å². The molecule has 100 valence electrons. The molecule has 1 saturated heterocycles. The molecule has 1 aliphatic rings. The van der Waals surface area contributed by atoms with Crippen LogP contribution in [0.4, 0.5) is 5.69 Å². The van der Waals surface area contributed by atoms with E-state index in [0.717, 1.165) is 35.8 Å². The van der Waals surface area contributed by atoms with E-state index >= 15 is 0 Å². The monoisotopic (exact) mass is 268 g/mol. The predicted molar refractivity (Wildman–Crippen MR) is 76.2 cm³/mol. The molecule has 1 fully saturated rings. The number of ether oxygens (including phenoxy) is 1. The molecular formula is C14H21ClN2O. The standard InChI is InChI=1S/C14H21ClN2O/c1-17(10-12-6-2-3-8-18-12)14-11(9-16)5-4-7-13(14)15/h4-5,7,12H,2-3,6,8-10,16H2,1H3. The summed E-state index contributed by atoms with van der Waals surface area (Å²) in [5, 5.41) is 0.760. The topological polar surface area (TPSA) is 38.5 Å². The highest BCUT2D eigenvalue weighted by Gasteiger charge is 2.18. The Kier molecular flexibility index (Phi) is 4.87. The summed E-state index contributed by atoms with van der Waals surface area (Å²) in [6.07, 6.45) is 3.88. The molecule has 1 aliphatic heterocycles. The minimum atomic E-state index is 0.311. The van der Waals surface area contributed by atoms with Crippen LogP contribution in [0.2, 0.25) is 5.02 Å². The minimum absolute atomic E-state index is 0.311. The largest absolute Gasteiger partial charge is 0.376 e. The summed E-state index contributed by atoms with van der Waals surface area (Å²) in [5.74, 6) is 0. The number of anilines is 1. The van der Waals surface area contributed by atoms with Gasteiger partial charge in [-0.1, -0.05) is 23.7 Å². The smallest absolute Gasteiger partial charge is 0.0749 e. The Balaban J connectivity index is 2.09. The summed E-state index contributed by atoms with van der Waals surface area (Å²) < 4.78 is 5.77. The fraction of sp³-hybridized carbons (Fsp3) is 0.571. The van der Waals surface area contributed by atoms with Crippen LogP contribution in [-0.4, -0.2) is 26.3 Å². The van der Waals surface area contributed by atoms with E-state index in [2.05, 4.69) is 11.9 Å². The van der Waals surface area contributed by atoms with Crippen molar-refractivity contribution in [2.75, 3.05) is 25.1 Å². The van der Waals surface area contributed by atoms with Crippen molar-refractivity contribution >= 4 is 17.3 Å². The Hall–Kier alpha value is -0.770. The number of rotatable bonds is 4. The molecule has 1 atom stereocenters. The first kappa shape index (κ1) is 13.7. The lowest BCUT2D eigenvalue weighted by molar-refractivity contribution is 0.0216. The van der Waals surface area contributed by atoms with Gasteiger partial charge in [0.15, 0.2) is 0 Å². The maximum absolute atomic E-state index is 6.28. The van der Waals surface area contributed by atoms with Gasteiger partial charge < -0.3 is 15.4 Å². The van der Waals surface area contributed by atoms with E-state index in [-0.39, 0.29) is 0 Å². The van der Waals surface area contributed by atoms with Gasteiger partial charge in [-0.3, -0.25) is 0 Å². The van der Waals surface area contributed by atoms with E-state index in [1.54, 1.807) is 0 Å². The van der Waals surface area contributed by atoms with E-state index < -0.39 is 0 Å². The van der Waals surface area contributed by atoms with E-state index in [1.807, 2.05) is 18.2 Å². The Morgan fingerprint density at radius 3 is 2.94 bits per heavy atom. The number of benzene rings is 1. The summed E-state index contributed by atoms with van der Waals surface area (Å²) >= 11 is 6.28.